The lowest BCUT2D eigenvalue weighted by molar-refractivity contribution is 0.327. The van der Waals surface area contributed by atoms with Crippen LogP contribution in [0.4, 0.5) is 17.2 Å². The van der Waals surface area contributed by atoms with Crippen LogP contribution in [0.3, 0.4) is 0 Å². The third-order valence-electron chi connectivity index (χ3n) is 2.23. The van der Waals surface area contributed by atoms with E-state index in [0.29, 0.717) is 24.0 Å². The van der Waals surface area contributed by atoms with Crippen LogP contribution >= 0.6 is 0 Å². The summed E-state index contributed by atoms with van der Waals surface area (Å²) in [6.07, 6.45) is 0. The molecule has 2 rings (SSSR count). The Kier molecular flexibility index (Phi) is 3.45. The molecule has 3 N–H and O–H groups in total. The molecule has 17 heavy (non-hydrogen) atoms. The van der Waals surface area contributed by atoms with Crippen molar-refractivity contribution in [2.75, 3.05) is 17.7 Å². The van der Waals surface area contributed by atoms with E-state index in [1.807, 2.05) is 37.3 Å². The molecule has 1 aromatic heterocycles. The first-order valence-electron chi connectivity index (χ1n) is 5.51. The van der Waals surface area contributed by atoms with Crippen LogP contribution in [0.5, 0.6) is 5.88 Å². The van der Waals surface area contributed by atoms with E-state index in [1.54, 1.807) is 12.1 Å². The maximum absolute atomic E-state index is 5.85. The Bertz CT molecular complexity index is 485. The molecule has 0 aliphatic heterocycles. The zero-order chi connectivity index (χ0) is 12.1. The lowest BCUT2D eigenvalue weighted by Gasteiger charge is -2.10. The Balaban J connectivity index is 2.22. The molecule has 0 atom stereocenters. The summed E-state index contributed by atoms with van der Waals surface area (Å²) in [6.45, 7) is 2.50. The SMILES string of the molecule is CCOc1ccc(N)c(Nc2ccccc2)n1. The average molecular weight is 229 g/mol. The van der Waals surface area contributed by atoms with E-state index in [9.17, 15) is 0 Å². The molecule has 88 valence electrons. The monoisotopic (exact) mass is 229 g/mol. The van der Waals surface area contributed by atoms with E-state index in [-0.39, 0.29) is 0 Å². The van der Waals surface area contributed by atoms with Crippen LogP contribution in [0, 0.1) is 0 Å². The number of nitrogens with two attached hydrogens (primary N) is 1. The topological polar surface area (TPSA) is 60.2 Å². The van der Waals surface area contributed by atoms with Gasteiger partial charge in [-0.3, -0.25) is 0 Å². The minimum Gasteiger partial charge on any atom is -0.478 e. The molecular weight excluding hydrogens is 214 g/mol. The van der Waals surface area contributed by atoms with E-state index in [1.165, 1.54) is 0 Å². The van der Waals surface area contributed by atoms with Gasteiger partial charge in [0.15, 0.2) is 5.82 Å². The summed E-state index contributed by atoms with van der Waals surface area (Å²) in [5.74, 6) is 1.18. The van der Waals surface area contributed by atoms with Crippen molar-refractivity contribution in [2.24, 2.45) is 0 Å². The molecule has 0 aliphatic carbocycles. The minimum atomic E-state index is 0.570. The Labute approximate surface area is 100 Å². The molecule has 1 aromatic carbocycles. The maximum atomic E-state index is 5.85. The van der Waals surface area contributed by atoms with Crippen LogP contribution in [0.1, 0.15) is 6.92 Å². The van der Waals surface area contributed by atoms with E-state index < -0.39 is 0 Å². The van der Waals surface area contributed by atoms with Gasteiger partial charge in [0.25, 0.3) is 0 Å². The third kappa shape index (κ3) is 2.87. The number of hydrogen-bond donors (Lipinski definition) is 2. The highest BCUT2D eigenvalue weighted by Gasteiger charge is 2.03. The predicted molar refractivity (Wildman–Crippen MR) is 69.5 cm³/mol. The van der Waals surface area contributed by atoms with Gasteiger partial charge in [-0.25, -0.2) is 0 Å². The molecule has 0 aliphatic rings. The van der Waals surface area contributed by atoms with Crippen molar-refractivity contribution in [2.45, 2.75) is 6.92 Å². The molecule has 0 amide bonds. The van der Waals surface area contributed by atoms with Crippen molar-refractivity contribution in [3.8, 4) is 5.88 Å². The summed E-state index contributed by atoms with van der Waals surface area (Å²) in [7, 11) is 0. The number of pyridine rings is 1. The zero-order valence-electron chi connectivity index (χ0n) is 9.68. The fourth-order valence-corrected chi connectivity index (χ4v) is 1.44. The Morgan fingerprint density at radius 1 is 1.18 bits per heavy atom. The number of nitrogens with zero attached hydrogens (tertiary/aromatic N) is 1. The Hall–Kier alpha value is -2.23. The van der Waals surface area contributed by atoms with Crippen molar-refractivity contribution in [3.63, 3.8) is 0 Å². The smallest absolute Gasteiger partial charge is 0.215 e. The summed E-state index contributed by atoms with van der Waals surface area (Å²) in [4.78, 5) is 4.30. The van der Waals surface area contributed by atoms with Gasteiger partial charge in [0.1, 0.15) is 0 Å². The van der Waals surface area contributed by atoms with Crippen LogP contribution in [-0.4, -0.2) is 11.6 Å². The number of benzene rings is 1. The van der Waals surface area contributed by atoms with Gasteiger partial charge in [0.05, 0.1) is 12.3 Å². The average Bonchev–Trinajstić information content (AvgIpc) is 2.35. The summed E-state index contributed by atoms with van der Waals surface area (Å²) >= 11 is 0. The van der Waals surface area contributed by atoms with Crippen molar-refractivity contribution in [1.82, 2.24) is 4.98 Å². The van der Waals surface area contributed by atoms with Crippen LogP contribution in [0.2, 0.25) is 0 Å². The number of nitrogen functional groups attached to an aromatic ring is 1. The van der Waals surface area contributed by atoms with Gasteiger partial charge in [-0.05, 0) is 25.1 Å². The Morgan fingerprint density at radius 2 is 1.94 bits per heavy atom. The molecule has 0 saturated carbocycles. The van der Waals surface area contributed by atoms with Gasteiger partial charge in [-0.15, -0.1) is 0 Å². The van der Waals surface area contributed by atoms with Gasteiger partial charge in [0, 0.05) is 11.8 Å². The van der Waals surface area contributed by atoms with Gasteiger partial charge in [-0.2, -0.15) is 4.98 Å². The number of hydrogen-bond acceptors (Lipinski definition) is 4. The highest BCUT2D eigenvalue weighted by molar-refractivity contribution is 5.69. The van der Waals surface area contributed by atoms with E-state index in [0.717, 1.165) is 5.69 Å². The second-order valence-corrected chi connectivity index (χ2v) is 3.51. The molecule has 0 radical (unpaired) electrons. The zero-order valence-corrected chi connectivity index (χ0v) is 9.68. The molecule has 0 unspecified atom stereocenters. The van der Waals surface area contributed by atoms with Crippen LogP contribution in [0.25, 0.3) is 0 Å². The quantitative estimate of drug-likeness (QED) is 0.846. The molecule has 0 saturated heterocycles. The Morgan fingerprint density at radius 3 is 2.65 bits per heavy atom. The number of aromatic nitrogens is 1. The molecule has 0 spiro atoms. The summed E-state index contributed by atoms with van der Waals surface area (Å²) < 4.78 is 5.33. The van der Waals surface area contributed by atoms with Gasteiger partial charge < -0.3 is 15.8 Å². The first kappa shape index (κ1) is 11.3. The van der Waals surface area contributed by atoms with Gasteiger partial charge in [-0.1, -0.05) is 18.2 Å². The fourth-order valence-electron chi connectivity index (χ4n) is 1.44. The number of nitrogens with one attached hydrogen (secondary N) is 1. The third-order valence-corrected chi connectivity index (χ3v) is 2.23. The number of para-hydroxylation sites is 1. The second-order valence-electron chi connectivity index (χ2n) is 3.51. The van der Waals surface area contributed by atoms with E-state index in [4.69, 9.17) is 10.5 Å². The van der Waals surface area contributed by atoms with Gasteiger partial charge >= 0.3 is 0 Å². The van der Waals surface area contributed by atoms with Crippen molar-refractivity contribution >= 4 is 17.2 Å². The molecule has 1 heterocycles. The van der Waals surface area contributed by atoms with Crippen LogP contribution in [-0.2, 0) is 0 Å². The van der Waals surface area contributed by atoms with Crippen molar-refractivity contribution in [3.05, 3.63) is 42.5 Å². The summed E-state index contributed by atoms with van der Waals surface area (Å²) in [5.41, 5.74) is 7.39. The summed E-state index contributed by atoms with van der Waals surface area (Å²) in [6, 6.07) is 13.3. The fraction of sp³-hybridized carbons (Fsp3) is 0.154. The molecule has 0 fully saturated rings. The standard InChI is InChI=1S/C13H15N3O/c1-2-17-12-9-8-11(14)13(16-12)15-10-6-4-3-5-7-10/h3-9H,2,14H2,1H3,(H,15,16). The van der Waals surface area contributed by atoms with Gasteiger partial charge in [0.2, 0.25) is 5.88 Å². The first-order valence-corrected chi connectivity index (χ1v) is 5.51. The molecule has 2 aromatic rings. The predicted octanol–water partition coefficient (Wildman–Crippen LogP) is 2.81. The second kappa shape index (κ2) is 5.21. The molecule has 4 heteroatoms. The normalized spacial score (nSPS) is 9.94. The van der Waals surface area contributed by atoms with Crippen LogP contribution in [0.15, 0.2) is 42.5 Å². The molecule has 0 bridgehead atoms. The van der Waals surface area contributed by atoms with E-state index >= 15 is 0 Å². The minimum absolute atomic E-state index is 0.570. The largest absolute Gasteiger partial charge is 0.478 e. The number of anilines is 3. The number of rotatable bonds is 4. The maximum Gasteiger partial charge on any atom is 0.215 e. The lowest BCUT2D eigenvalue weighted by Crippen LogP contribution is -2.01. The first-order chi connectivity index (χ1) is 8.29. The lowest BCUT2D eigenvalue weighted by atomic mass is 10.3. The highest BCUT2D eigenvalue weighted by atomic mass is 16.5. The summed E-state index contributed by atoms with van der Waals surface area (Å²) in [5, 5.41) is 3.15. The number of ether oxygens (including phenoxy) is 1. The molecular formula is C13H15N3O. The van der Waals surface area contributed by atoms with Crippen molar-refractivity contribution < 1.29 is 4.74 Å². The van der Waals surface area contributed by atoms with Crippen LogP contribution < -0.4 is 15.8 Å². The van der Waals surface area contributed by atoms with Crippen molar-refractivity contribution in [1.29, 1.82) is 0 Å². The van der Waals surface area contributed by atoms with E-state index in [2.05, 4.69) is 10.3 Å². The highest BCUT2D eigenvalue weighted by Crippen LogP contribution is 2.23. The molecule has 4 nitrogen and oxygen atoms in total.